The van der Waals surface area contributed by atoms with Crippen molar-refractivity contribution in [3.8, 4) is 16.9 Å². The molecule has 0 unspecified atom stereocenters. The highest BCUT2D eigenvalue weighted by Gasteiger charge is 2.32. The fourth-order valence-electron chi connectivity index (χ4n) is 4.55. The van der Waals surface area contributed by atoms with Gasteiger partial charge in [0.1, 0.15) is 10.0 Å². The average molecular weight is 532 g/mol. The van der Waals surface area contributed by atoms with Crippen molar-refractivity contribution in [1.29, 1.82) is 0 Å². The monoisotopic (exact) mass is 531 g/mol. The van der Waals surface area contributed by atoms with Gasteiger partial charge in [0.25, 0.3) is 5.91 Å². The largest absolute Gasteiger partial charge is 0.293 e. The van der Waals surface area contributed by atoms with E-state index in [0.29, 0.717) is 21.7 Å². The number of para-hydroxylation sites is 1. The van der Waals surface area contributed by atoms with Crippen LogP contribution in [0.25, 0.3) is 23.0 Å². The highest BCUT2D eigenvalue weighted by Crippen LogP contribution is 2.36. The minimum Gasteiger partial charge on any atom is -0.293 e. The number of hydrogen-bond donors (Lipinski definition) is 0. The predicted octanol–water partition coefficient (Wildman–Crippen LogP) is 8.53. The van der Waals surface area contributed by atoms with E-state index in [0.717, 1.165) is 40.9 Å². The second kappa shape index (κ2) is 12.7. The Morgan fingerprint density at radius 2 is 1.76 bits per heavy atom. The Kier molecular flexibility index (Phi) is 9.38. The fraction of sp³-hybridized carbons (Fsp3) is 0.387. The Bertz CT molecular complexity index is 1280. The Labute approximate surface area is 231 Å². The molecule has 0 radical (unpaired) electrons. The molecule has 0 bridgehead atoms. The SMILES string of the molecule is CCCCCCCCN1C(=O)/C(=C/c2cn(-c3ccccc3)nc2-c2cc(C(C)C)ccc2C)SC1=S. The summed E-state index contributed by atoms with van der Waals surface area (Å²) >= 11 is 7.01. The summed E-state index contributed by atoms with van der Waals surface area (Å²) in [6.45, 7) is 9.44. The van der Waals surface area contributed by atoms with Crippen molar-refractivity contribution in [3.63, 3.8) is 0 Å². The number of thiocarbonyl (C=S) groups is 1. The summed E-state index contributed by atoms with van der Waals surface area (Å²) in [6, 6.07) is 16.7. The van der Waals surface area contributed by atoms with Crippen LogP contribution < -0.4 is 0 Å². The molecule has 194 valence electrons. The zero-order valence-electron chi connectivity index (χ0n) is 22.4. The van der Waals surface area contributed by atoms with Gasteiger partial charge in [-0.15, -0.1) is 0 Å². The quantitative estimate of drug-likeness (QED) is 0.141. The highest BCUT2D eigenvalue weighted by atomic mass is 32.2. The summed E-state index contributed by atoms with van der Waals surface area (Å²) in [5.74, 6) is 0.423. The molecule has 0 N–H and O–H groups in total. The van der Waals surface area contributed by atoms with E-state index in [-0.39, 0.29) is 5.91 Å². The zero-order valence-corrected chi connectivity index (χ0v) is 24.0. The molecule has 2 aromatic carbocycles. The van der Waals surface area contributed by atoms with Gasteiger partial charge in [0.15, 0.2) is 0 Å². The van der Waals surface area contributed by atoms with Crippen molar-refractivity contribution in [2.75, 3.05) is 6.54 Å². The van der Waals surface area contributed by atoms with Gasteiger partial charge in [0.05, 0.1) is 10.6 Å². The van der Waals surface area contributed by atoms with Crippen LogP contribution in [0, 0.1) is 6.92 Å². The van der Waals surface area contributed by atoms with Crippen molar-refractivity contribution in [1.82, 2.24) is 14.7 Å². The van der Waals surface area contributed by atoms with E-state index in [9.17, 15) is 4.79 Å². The first kappa shape index (κ1) is 27.3. The number of unbranched alkanes of at least 4 members (excludes halogenated alkanes) is 5. The molecule has 1 aliphatic heterocycles. The predicted molar refractivity (Wildman–Crippen MR) is 161 cm³/mol. The van der Waals surface area contributed by atoms with E-state index >= 15 is 0 Å². The second-order valence-electron chi connectivity index (χ2n) is 10.0. The van der Waals surface area contributed by atoms with Crippen LogP contribution in [-0.4, -0.2) is 31.5 Å². The smallest absolute Gasteiger partial charge is 0.266 e. The Balaban J connectivity index is 1.65. The van der Waals surface area contributed by atoms with Crippen LogP contribution in [-0.2, 0) is 4.79 Å². The van der Waals surface area contributed by atoms with Gasteiger partial charge < -0.3 is 0 Å². The first-order valence-corrected chi connectivity index (χ1v) is 14.6. The number of aromatic nitrogens is 2. The molecule has 3 aromatic rings. The van der Waals surface area contributed by atoms with E-state index in [1.165, 1.54) is 43.0 Å². The van der Waals surface area contributed by atoms with E-state index in [4.69, 9.17) is 17.3 Å². The van der Waals surface area contributed by atoms with Gasteiger partial charge in [0.2, 0.25) is 0 Å². The first-order chi connectivity index (χ1) is 17.9. The third-order valence-corrected chi connectivity index (χ3v) is 8.22. The normalized spacial score (nSPS) is 14.9. The number of carbonyl (C=O) groups is 1. The summed E-state index contributed by atoms with van der Waals surface area (Å²) in [4.78, 5) is 15.8. The van der Waals surface area contributed by atoms with Gasteiger partial charge >= 0.3 is 0 Å². The second-order valence-corrected chi connectivity index (χ2v) is 11.7. The number of hydrogen-bond acceptors (Lipinski definition) is 4. The maximum atomic E-state index is 13.3. The molecular weight excluding hydrogens is 494 g/mol. The van der Waals surface area contributed by atoms with Crippen LogP contribution >= 0.6 is 24.0 Å². The summed E-state index contributed by atoms with van der Waals surface area (Å²) in [5, 5.41) is 5.01. The summed E-state index contributed by atoms with van der Waals surface area (Å²) in [7, 11) is 0. The molecule has 1 aromatic heterocycles. The van der Waals surface area contributed by atoms with Crippen LogP contribution in [0.3, 0.4) is 0 Å². The number of carbonyl (C=O) groups excluding carboxylic acids is 1. The van der Waals surface area contributed by atoms with E-state index < -0.39 is 0 Å². The molecule has 1 amide bonds. The third kappa shape index (κ3) is 6.60. The lowest BCUT2D eigenvalue weighted by molar-refractivity contribution is -0.122. The maximum absolute atomic E-state index is 13.3. The van der Waals surface area contributed by atoms with Gasteiger partial charge in [-0.3, -0.25) is 9.69 Å². The Hall–Kier alpha value is -2.70. The van der Waals surface area contributed by atoms with Gasteiger partial charge in [0, 0.05) is 23.9 Å². The molecule has 0 saturated carbocycles. The summed E-state index contributed by atoms with van der Waals surface area (Å²) < 4.78 is 2.56. The Morgan fingerprint density at radius 3 is 2.49 bits per heavy atom. The molecule has 0 aliphatic carbocycles. The number of rotatable bonds is 11. The molecule has 4 nitrogen and oxygen atoms in total. The van der Waals surface area contributed by atoms with Crippen molar-refractivity contribution >= 4 is 40.3 Å². The zero-order chi connectivity index (χ0) is 26.4. The molecule has 1 aliphatic rings. The average Bonchev–Trinajstić information content (AvgIpc) is 3.42. The molecule has 37 heavy (non-hydrogen) atoms. The number of nitrogens with zero attached hydrogens (tertiary/aromatic N) is 3. The minimum atomic E-state index is 0.00891. The van der Waals surface area contributed by atoms with Crippen LogP contribution in [0.1, 0.15) is 81.9 Å². The van der Waals surface area contributed by atoms with Crippen molar-refractivity contribution in [2.45, 2.75) is 72.1 Å². The van der Waals surface area contributed by atoms with E-state index in [2.05, 4.69) is 45.9 Å². The Morgan fingerprint density at radius 1 is 1.03 bits per heavy atom. The summed E-state index contributed by atoms with van der Waals surface area (Å²) in [6.07, 6.45) is 11.1. The third-order valence-electron chi connectivity index (χ3n) is 6.84. The number of thioether (sulfide) groups is 1. The van der Waals surface area contributed by atoms with Crippen molar-refractivity contribution in [3.05, 3.63) is 76.3 Å². The van der Waals surface area contributed by atoms with Gasteiger partial charge in [-0.2, -0.15) is 5.10 Å². The van der Waals surface area contributed by atoms with Crippen LogP contribution in [0.15, 0.2) is 59.6 Å². The van der Waals surface area contributed by atoms with Crippen LogP contribution in [0.5, 0.6) is 0 Å². The maximum Gasteiger partial charge on any atom is 0.266 e. The van der Waals surface area contributed by atoms with Gasteiger partial charge in [-0.25, -0.2) is 4.68 Å². The van der Waals surface area contributed by atoms with Gasteiger partial charge in [-0.05, 0) is 54.7 Å². The lowest BCUT2D eigenvalue weighted by Crippen LogP contribution is -2.29. The number of amides is 1. The van der Waals surface area contributed by atoms with Crippen molar-refractivity contribution in [2.24, 2.45) is 0 Å². The summed E-state index contributed by atoms with van der Waals surface area (Å²) in [5.41, 5.74) is 6.31. The lowest BCUT2D eigenvalue weighted by Gasteiger charge is -2.14. The molecule has 1 fully saturated rings. The standard InChI is InChI=1S/C31H37N3OS2/c1-5-6-7-8-9-13-18-33-30(35)28(37-31(33)36)20-25-21-34(26-14-11-10-12-15-26)32-29(25)27-19-24(22(2)3)17-16-23(27)4/h10-12,14-17,19-22H,5-9,13,18H2,1-4H3/b28-20-. The molecule has 4 rings (SSSR count). The van der Waals surface area contributed by atoms with E-state index in [1.54, 1.807) is 4.90 Å². The van der Waals surface area contributed by atoms with Crippen LogP contribution in [0.2, 0.25) is 0 Å². The minimum absolute atomic E-state index is 0.00891. The highest BCUT2D eigenvalue weighted by molar-refractivity contribution is 8.26. The molecule has 0 spiro atoms. The van der Waals surface area contributed by atoms with Gasteiger partial charge in [-0.1, -0.05) is 107 Å². The van der Waals surface area contributed by atoms with E-state index in [1.807, 2.05) is 47.3 Å². The molecule has 0 atom stereocenters. The molecule has 1 saturated heterocycles. The lowest BCUT2D eigenvalue weighted by atomic mass is 9.95. The van der Waals surface area contributed by atoms with Crippen LogP contribution in [0.4, 0.5) is 0 Å². The van der Waals surface area contributed by atoms with Crippen molar-refractivity contribution < 1.29 is 4.79 Å². The first-order valence-electron chi connectivity index (χ1n) is 13.4. The molecule has 2 heterocycles. The fourth-order valence-corrected chi connectivity index (χ4v) is 5.85. The molecular formula is C31H37N3OS2. The molecule has 6 heteroatoms. The number of aryl methyl sites for hydroxylation is 1. The number of benzene rings is 2. The topological polar surface area (TPSA) is 38.1 Å².